The first-order chi connectivity index (χ1) is 13.4. The average Bonchev–Trinajstić information content (AvgIpc) is 3.10. The van der Waals surface area contributed by atoms with Crippen LogP contribution in [0, 0.1) is 5.82 Å². The Balaban J connectivity index is 1.93. The number of anilines is 1. The molecule has 0 unspecified atom stereocenters. The SMILES string of the molecule is COC(=O)c1ccc(C(=O)N(CC[NH+](C)C)c2nc3ccc(F)cc3s2)cc1. The molecule has 0 atom stereocenters. The molecule has 0 aliphatic heterocycles. The highest BCUT2D eigenvalue weighted by atomic mass is 32.1. The van der Waals surface area contributed by atoms with Gasteiger partial charge in [0.15, 0.2) is 5.13 Å². The summed E-state index contributed by atoms with van der Waals surface area (Å²) < 4.78 is 18.9. The number of ether oxygens (including phenoxy) is 1. The fourth-order valence-corrected chi connectivity index (χ4v) is 3.66. The number of rotatable bonds is 6. The molecule has 1 amide bonds. The lowest BCUT2D eigenvalue weighted by molar-refractivity contribution is -0.856. The summed E-state index contributed by atoms with van der Waals surface area (Å²) in [6.45, 7) is 1.18. The molecule has 8 heteroatoms. The van der Waals surface area contributed by atoms with Crippen LogP contribution >= 0.6 is 11.3 Å². The first-order valence-electron chi connectivity index (χ1n) is 8.74. The number of likely N-dealkylation sites (N-methyl/N-ethyl adjacent to an activating group) is 1. The Labute approximate surface area is 166 Å². The van der Waals surface area contributed by atoms with E-state index < -0.39 is 5.97 Å². The molecule has 0 spiro atoms. The van der Waals surface area contributed by atoms with Crippen LogP contribution < -0.4 is 9.80 Å². The van der Waals surface area contributed by atoms with Gasteiger partial charge in [0, 0.05) is 5.56 Å². The summed E-state index contributed by atoms with van der Waals surface area (Å²) in [6, 6.07) is 10.7. The van der Waals surface area contributed by atoms with Gasteiger partial charge >= 0.3 is 5.97 Å². The summed E-state index contributed by atoms with van der Waals surface area (Å²) in [5.74, 6) is -1.02. The topological polar surface area (TPSA) is 63.9 Å². The third kappa shape index (κ3) is 4.35. The normalized spacial score (nSPS) is 11.0. The Morgan fingerprint density at radius 1 is 1.14 bits per heavy atom. The van der Waals surface area contributed by atoms with Gasteiger partial charge in [-0.1, -0.05) is 11.3 Å². The van der Waals surface area contributed by atoms with Crippen molar-refractivity contribution >= 4 is 38.6 Å². The third-order valence-electron chi connectivity index (χ3n) is 4.20. The van der Waals surface area contributed by atoms with Crippen molar-refractivity contribution in [1.82, 2.24) is 4.98 Å². The molecular formula is C20H21FN3O3S+. The van der Waals surface area contributed by atoms with Crippen molar-refractivity contribution in [3.63, 3.8) is 0 Å². The van der Waals surface area contributed by atoms with Crippen LogP contribution in [0.15, 0.2) is 42.5 Å². The number of nitrogens with zero attached hydrogens (tertiary/aromatic N) is 2. The third-order valence-corrected chi connectivity index (χ3v) is 5.24. The number of fused-ring (bicyclic) bond motifs is 1. The highest BCUT2D eigenvalue weighted by Crippen LogP contribution is 2.30. The van der Waals surface area contributed by atoms with Crippen molar-refractivity contribution in [2.24, 2.45) is 0 Å². The van der Waals surface area contributed by atoms with Gasteiger partial charge in [0.05, 0.1) is 50.1 Å². The van der Waals surface area contributed by atoms with Gasteiger partial charge in [0.25, 0.3) is 5.91 Å². The van der Waals surface area contributed by atoms with Crippen LogP contribution in [0.2, 0.25) is 0 Å². The molecule has 2 aromatic carbocycles. The lowest BCUT2D eigenvalue weighted by Crippen LogP contribution is -3.06. The smallest absolute Gasteiger partial charge is 0.337 e. The fourth-order valence-electron chi connectivity index (χ4n) is 2.64. The van der Waals surface area contributed by atoms with Gasteiger partial charge in [-0.25, -0.2) is 14.2 Å². The van der Waals surface area contributed by atoms with Crippen LogP contribution in [0.5, 0.6) is 0 Å². The van der Waals surface area contributed by atoms with Gasteiger partial charge in [-0.3, -0.25) is 9.69 Å². The molecule has 6 nitrogen and oxygen atoms in total. The van der Waals surface area contributed by atoms with Gasteiger partial charge in [-0.05, 0) is 42.5 Å². The largest absolute Gasteiger partial charge is 0.465 e. The zero-order valence-corrected chi connectivity index (χ0v) is 16.7. The number of aromatic nitrogens is 1. The Hall–Kier alpha value is -2.84. The van der Waals surface area contributed by atoms with Crippen LogP contribution in [0.25, 0.3) is 10.2 Å². The number of thiazole rings is 1. The van der Waals surface area contributed by atoms with Crippen molar-refractivity contribution < 1.29 is 23.6 Å². The summed E-state index contributed by atoms with van der Waals surface area (Å²) in [6.07, 6.45) is 0. The monoisotopic (exact) mass is 402 g/mol. The number of benzene rings is 2. The zero-order valence-electron chi connectivity index (χ0n) is 15.9. The van der Waals surface area contributed by atoms with Crippen LogP contribution in [-0.2, 0) is 4.74 Å². The lowest BCUT2D eigenvalue weighted by atomic mass is 10.1. The number of hydrogen-bond donors (Lipinski definition) is 1. The predicted octanol–water partition coefficient (Wildman–Crippen LogP) is 2.01. The number of halogens is 1. The second kappa shape index (κ2) is 8.45. The van der Waals surface area contributed by atoms with Crippen LogP contribution in [-0.4, -0.2) is 51.2 Å². The highest BCUT2D eigenvalue weighted by molar-refractivity contribution is 7.22. The summed E-state index contributed by atoms with van der Waals surface area (Å²) in [5, 5.41) is 0.517. The molecule has 0 aliphatic carbocycles. The van der Waals surface area contributed by atoms with E-state index in [1.165, 1.54) is 35.5 Å². The van der Waals surface area contributed by atoms with E-state index in [1.54, 1.807) is 35.2 Å². The lowest BCUT2D eigenvalue weighted by Gasteiger charge is -2.20. The molecule has 1 aromatic heterocycles. The Morgan fingerprint density at radius 3 is 2.46 bits per heavy atom. The molecule has 3 rings (SSSR count). The molecule has 0 aliphatic rings. The van der Waals surface area contributed by atoms with E-state index in [4.69, 9.17) is 0 Å². The van der Waals surface area contributed by atoms with Crippen molar-refractivity contribution in [1.29, 1.82) is 0 Å². The van der Waals surface area contributed by atoms with Crippen molar-refractivity contribution in [2.45, 2.75) is 0 Å². The minimum absolute atomic E-state index is 0.225. The molecule has 1 heterocycles. The number of amides is 1. The van der Waals surface area contributed by atoms with Crippen molar-refractivity contribution in [3.05, 3.63) is 59.4 Å². The number of esters is 1. The number of carbonyl (C=O) groups excluding carboxylic acids is 2. The molecule has 3 aromatic rings. The second-order valence-corrected chi connectivity index (χ2v) is 7.60. The van der Waals surface area contributed by atoms with E-state index in [0.29, 0.717) is 33.0 Å². The standard InChI is InChI=1S/C20H20FN3O3S/c1-23(2)10-11-24(20-22-16-9-8-15(21)12-17(16)28-20)18(25)13-4-6-14(7-5-13)19(26)27-3/h4-9,12H,10-11H2,1-3H3/p+1. The first kappa shape index (κ1) is 19.9. The maximum Gasteiger partial charge on any atom is 0.337 e. The van der Waals surface area contributed by atoms with Crippen molar-refractivity contribution in [2.75, 3.05) is 39.2 Å². The van der Waals surface area contributed by atoms with E-state index in [9.17, 15) is 14.0 Å². The number of hydrogen-bond acceptors (Lipinski definition) is 5. The minimum Gasteiger partial charge on any atom is -0.465 e. The Kier molecular flexibility index (Phi) is 6.01. The Morgan fingerprint density at radius 2 is 1.82 bits per heavy atom. The summed E-state index contributed by atoms with van der Waals surface area (Å²) >= 11 is 1.28. The molecule has 1 N–H and O–H groups in total. The van der Waals surface area contributed by atoms with Gasteiger partial charge in [0.1, 0.15) is 5.82 Å². The van der Waals surface area contributed by atoms with E-state index in [1.807, 2.05) is 14.1 Å². The molecule has 28 heavy (non-hydrogen) atoms. The molecule has 0 radical (unpaired) electrons. The molecule has 146 valence electrons. The fraction of sp³-hybridized carbons (Fsp3) is 0.250. The van der Waals surface area contributed by atoms with Crippen LogP contribution in [0.4, 0.5) is 9.52 Å². The molecular weight excluding hydrogens is 381 g/mol. The summed E-state index contributed by atoms with van der Waals surface area (Å²) in [5.41, 5.74) is 1.46. The predicted molar refractivity (Wildman–Crippen MR) is 107 cm³/mol. The minimum atomic E-state index is -0.458. The van der Waals surface area contributed by atoms with Crippen LogP contribution in [0.3, 0.4) is 0 Å². The molecule has 0 saturated heterocycles. The quantitative estimate of drug-likeness (QED) is 0.641. The van der Waals surface area contributed by atoms with Crippen LogP contribution in [0.1, 0.15) is 20.7 Å². The summed E-state index contributed by atoms with van der Waals surface area (Å²) in [4.78, 5) is 32.0. The van der Waals surface area contributed by atoms with Gasteiger partial charge < -0.3 is 9.64 Å². The second-order valence-electron chi connectivity index (χ2n) is 6.59. The van der Waals surface area contributed by atoms with Gasteiger partial charge in [-0.2, -0.15) is 0 Å². The van der Waals surface area contributed by atoms with Gasteiger partial charge in [0.2, 0.25) is 0 Å². The maximum absolute atomic E-state index is 13.5. The number of methoxy groups -OCH3 is 1. The highest BCUT2D eigenvalue weighted by Gasteiger charge is 2.22. The van der Waals surface area contributed by atoms with Crippen molar-refractivity contribution in [3.8, 4) is 0 Å². The zero-order chi connectivity index (χ0) is 20.3. The number of carbonyl (C=O) groups is 2. The summed E-state index contributed by atoms with van der Waals surface area (Å²) in [7, 11) is 5.31. The van der Waals surface area contributed by atoms with E-state index in [2.05, 4.69) is 9.72 Å². The molecule has 0 saturated carbocycles. The molecule has 0 bridgehead atoms. The first-order valence-corrected chi connectivity index (χ1v) is 9.56. The maximum atomic E-state index is 13.5. The van der Waals surface area contributed by atoms with Gasteiger partial charge in [-0.15, -0.1) is 0 Å². The number of nitrogens with one attached hydrogen (secondary N) is 1. The molecule has 0 fully saturated rings. The van der Waals surface area contributed by atoms with E-state index >= 15 is 0 Å². The Bertz CT molecular complexity index is 1000. The number of quaternary nitrogens is 1. The van der Waals surface area contributed by atoms with E-state index in [0.717, 1.165) is 6.54 Å². The van der Waals surface area contributed by atoms with E-state index in [-0.39, 0.29) is 11.7 Å². The average molecular weight is 402 g/mol.